The monoisotopic (exact) mass is 266 g/mol. The molecule has 15 heavy (non-hydrogen) atoms. The van der Waals surface area contributed by atoms with Gasteiger partial charge in [-0.2, -0.15) is 5.26 Å². The summed E-state index contributed by atoms with van der Waals surface area (Å²) in [5.74, 6) is 0. The van der Waals surface area contributed by atoms with Crippen LogP contribution in [-0.4, -0.2) is 19.8 Å². The van der Waals surface area contributed by atoms with Crippen molar-refractivity contribution in [1.82, 2.24) is 5.32 Å². The Morgan fingerprint density at radius 3 is 3.07 bits per heavy atom. The molecule has 1 N–H and O–H groups in total. The van der Waals surface area contributed by atoms with Crippen molar-refractivity contribution >= 4 is 15.9 Å². The second kappa shape index (κ2) is 4.75. The van der Waals surface area contributed by atoms with E-state index in [9.17, 15) is 0 Å². The molecule has 1 heterocycles. The fraction of sp³-hybridized carbons (Fsp3) is 0.364. The first-order chi connectivity index (χ1) is 7.31. The molecule has 0 amide bonds. The molecule has 1 aromatic carbocycles. The van der Waals surface area contributed by atoms with E-state index in [1.54, 1.807) is 6.07 Å². The number of nitrogens with one attached hydrogen (secondary N) is 1. The van der Waals surface area contributed by atoms with Crippen LogP contribution in [0.15, 0.2) is 22.7 Å². The molecular formula is C11H11BrN2O. The molecule has 0 aromatic heterocycles. The Kier molecular flexibility index (Phi) is 3.37. The van der Waals surface area contributed by atoms with Crippen LogP contribution in [0.1, 0.15) is 17.2 Å². The summed E-state index contributed by atoms with van der Waals surface area (Å²) in [5, 5.41) is 12.2. The molecule has 0 saturated carbocycles. The molecule has 4 heteroatoms. The quantitative estimate of drug-likeness (QED) is 0.846. The van der Waals surface area contributed by atoms with E-state index in [2.05, 4.69) is 27.3 Å². The zero-order valence-corrected chi connectivity index (χ0v) is 9.75. The van der Waals surface area contributed by atoms with Crippen LogP contribution in [0.4, 0.5) is 0 Å². The van der Waals surface area contributed by atoms with Crippen LogP contribution in [0, 0.1) is 11.3 Å². The minimum absolute atomic E-state index is 0.182. The van der Waals surface area contributed by atoms with Gasteiger partial charge in [-0.05, 0) is 23.8 Å². The Morgan fingerprint density at radius 2 is 2.40 bits per heavy atom. The number of nitrogens with zero attached hydrogens (tertiary/aromatic N) is 1. The number of morpholine rings is 1. The van der Waals surface area contributed by atoms with Crippen LogP contribution in [0.5, 0.6) is 0 Å². The van der Waals surface area contributed by atoms with Gasteiger partial charge in [-0.3, -0.25) is 0 Å². The highest BCUT2D eigenvalue weighted by molar-refractivity contribution is 9.10. The summed E-state index contributed by atoms with van der Waals surface area (Å²) < 4.78 is 6.42. The third-order valence-corrected chi connectivity index (χ3v) is 3.14. The Labute approximate surface area is 97.2 Å². The van der Waals surface area contributed by atoms with Gasteiger partial charge < -0.3 is 10.1 Å². The topological polar surface area (TPSA) is 45.0 Å². The van der Waals surface area contributed by atoms with Crippen molar-refractivity contribution in [2.75, 3.05) is 19.8 Å². The highest BCUT2D eigenvalue weighted by atomic mass is 79.9. The third kappa shape index (κ3) is 2.37. The number of hydrogen-bond acceptors (Lipinski definition) is 3. The van der Waals surface area contributed by atoms with Crippen LogP contribution < -0.4 is 5.32 Å². The van der Waals surface area contributed by atoms with Crippen LogP contribution >= 0.6 is 15.9 Å². The van der Waals surface area contributed by atoms with Crippen LogP contribution in [0.3, 0.4) is 0 Å². The van der Waals surface area contributed by atoms with Crippen LogP contribution in [-0.2, 0) is 4.74 Å². The van der Waals surface area contributed by atoms with E-state index >= 15 is 0 Å². The molecule has 1 fully saturated rings. The van der Waals surface area contributed by atoms with Crippen molar-refractivity contribution in [2.24, 2.45) is 0 Å². The molecule has 0 radical (unpaired) electrons. The first-order valence-electron chi connectivity index (χ1n) is 4.82. The summed E-state index contributed by atoms with van der Waals surface area (Å²) >= 11 is 3.49. The number of benzene rings is 1. The second-order valence-corrected chi connectivity index (χ2v) is 4.28. The fourth-order valence-electron chi connectivity index (χ4n) is 1.65. The molecule has 1 atom stereocenters. The van der Waals surface area contributed by atoms with Crippen molar-refractivity contribution < 1.29 is 4.74 Å². The Hall–Kier alpha value is -0.890. The van der Waals surface area contributed by atoms with Crippen molar-refractivity contribution in [3.63, 3.8) is 0 Å². The maximum Gasteiger partial charge on any atom is 0.0991 e. The number of ether oxygens (including phenoxy) is 1. The van der Waals surface area contributed by atoms with E-state index < -0.39 is 0 Å². The zero-order chi connectivity index (χ0) is 10.7. The number of nitriles is 1. The SMILES string of the molecule is N#Cc1ccc(Br)c(C2COCCN2)c1. The lowest BCUT2D eigenvalue weighted by molar-refractivity contribution is 0.0767. The normalized spacial score (nSPS) is 20.9. The molecule has 1 aromatic rings. The Bertz CT molecular complexity index is 394. The van der Waals surface area contributed by atoms with Crippen molar-refractivity contribution in [1.29, 1.82) is 5.26 Å². The lowest BCUT2D eigenvalue weighted by atomic mass is 10.0. The molecule has 1 unspecified atom stereocenters. The van der Waals surface area contributed by atoms with Crippen molar-refractivity contribution in [3.05, 3.63) is 33.8 Å². The van der Waals surface area contributed by atoms with Gasteiger partial charge in [0, 0.05) is 11.0 Å². The summed E-state index contributed by atoms with van der Waals surface area (Å²) in [6, 6.07) is 7.94. The van der Waals surface area contributed by atoms with Gasteiger partial charge in [0.15, 0.2) is 0 Å². The predicted molar refractivity (Wildman–Crippen MR) is 60.4 cm³/mol. The second-order valence-electron chi connectivity index (χ2n) is 3.43. The molecule has 2 rings (SSSR count). The molecule has 0 spiro atoms. The highest BCUT2D eigenvalue weighted by Gasteiger charge is 2.17. The first kappa shape index (κ1) is 10.6. The summed E-state index contributed by atoms with van der Waals surface area (Å²) in [6.07, 6.45) is 0. The average molecular weight is 267 g/mol. The van der Waals surface area contributed by atoms with Crippen molar-refractivity contribution in [2.45, 2.75) is 6.04 Å². The third-order valence-electron chi connectivity index (χ3n) is 2.42. The minimum Gasteiger partial charge on any atom is -0.378 e. The fourth-order valence-corrected chi connectivity index (χ4v) is 2.17. The minimum atomic E-state index is 0.182. The van der Waals surface area contributed by atoms with E-state index in [0.29, 0.717) is 12.2 Å². The van der Waals surface area contributed by atoms with Gasteiger partial charge in [0.05, 0.1) is 30.9 Å². The highest BCUT2D eigenvalue weighted by Crippen LogP contribution is 2.25. The maximum absolute atomic E-state index is 8.83. The smallest absolute Gasteiger partial charge is 0.0991 e. The molecular weight excluding hydrogens is 256 g/mol. The number of hydrogen-bond donors (Lipinski definition) is 1. The zero-order valence-electron chi connectivity index (χ0n) is 8.16. The Morgan fingerprint density at radius 1 is 1.53 bits per heavy atom. The van der Waals surface area contributed by atoms with Gasteiger partial charge >= 0.3 is 0 Å². The number of rotatable bonds is 1. The maximum atomic E-state index is 8.83. The van der Waals surface area contributed by atoms with Gasteiger partial charge in [-0.25, -0.2) is 0 Å². The van der Waals surface area contributed by atoms with Gasteiger partial charge in [-0.1, -0.05) is 15.9 Å². The summed E-state index contributed by atoms with van der Waals surface area (Å²) in [7, 11) is 0. The molecule has 78 valence electrons. The van der Waals surface area contributed by atoms with Gasteiger partial charge in [0.1, 0.15) is 0 Å². The summed E-state index contributed by atoms with van der Waals surface area (Å²) in [6.45, 7) is 2.27. The van der Waals surface area contributed by atoms with E-state index in [1.165, 1.54) is 0 Å². The van der Waals surface area contributed by atoms with E-state index in [4.69, 9.17) is 10.00 Å². The van der Waals surface area contributed by atoms with Gasteiger partial charge in [-0.15, -0.1) is 0 Å². The number of halogens is 1. The van der Waals surface area contributed by atoms with E-state index in [0.717, 1.165) is 23.2 Å². The lowest BCUT2D eigenvalue weighted by Crippen LogP contribution is -2.34. The molecule has 1 saturated heterocycles. The largest absolute Gasteiger partial charge is 0.378 e. The van der Waals surface area contributed by atoms with E-state index in [-0.39, 0.29) is 6.04 Å². The predicted octanol–water partition coefficient (Wildman–Crippen LogP) is 1.98. The molecule has 1 aliphatic heterocycles. The molecule has 3 nitrogen and oxygen atoms in total. The molecule has 1 aliphatic rings. The van der Waals surface area contributed by atoms with Crippen LogP contribution in [0.2, 0.25) is 0 Å². The van der Waals surface area contributed by atoms with E-state index in [1.807, 2.05) is 12.1 Å². The summed E-state index contributed by atoms with van der Waals surface area (Å²) in [5.41, 5.74) is 1.77. The standard InChI is InChI=1S/C11H11BrN2O/c12-10-2-1-8(6-13)5-9(10)11-7-15-4-3-14-11/h1-2,5,11,14H,3-4,7H2. The lowest BCUT2D eigenvalue weighted by Gasteiger charge is -2.25. The summed E-state index contributed by atoms with van der Waals surface area (Å²) in [4.78, 5) is 0. The Balaban J connectivity index is 2.29. The van der Waals surface area contributed by atoms with Gasteiger partial charge in [0.2, 0.25) is 0 Å². The van der Waals surface area contributed by atoms with Gasteiger partial charge in [0.25, 0.3) is 0 Å². The first-order valence-corrected chi connectivity index (χ1v) is 5.61. The average Bonchev–Trinajstić information content (AvgIpc) is 2.31. The van der Waals surface area contributed by atoms with Crippen molar-refractivity contribution in [3.8, 4) is 6.07 Å². The molecule has 0 bridgehead atoms. The van der Waals surface area contributed by atoms with Crippen LogP contribution in [0.25, 0.3) is 0 Å². The molecule has 0 aliphatic carbocycles.